The van der Waals surface area contributed by atoms with E-state index < -0.39 is 10.0 Å². The molecule has 0 aliphatic rings. The van der Waals surface area contributed by atoms with Crippen molar-refractivity contribution in [1.29, 1.82) is 0 Å². The average Bonchev–Trinajstić information content (AvgIpc) is 2.46. The summed E-state index contributed by atoms with van der Waals surface area (Å²) in [4.78, 5) is 4.40. The number of pyridine rings is 1. The van der Waals surface area contributed by atoms with Crippen LogP contribution < -0.4 is 10.0 Å². The summed E-state index contributed by atoms with van der Waals surface area (Å²) >= 11 is 0. The van der Waals surface area contributed by atoms with Gasteiger partial charge in [-0.15, -0.1) is 0 Å². The van der Waals surface area contributed by atoms with Crippen molar-refractivity contribution >= 4 is 20.9 Å². The Bertz CT molecular complexity index is 666. The Morgan fingerprint density at radius 2 is 1.90 bits per heavy atom. The van der Waals surface area contributed by atoms with Gasteiger partial charge in [0.15, 0.2) is 0 Å². The highest BCUT2D eigenvalue weighted by Crippen LogP contribution is 2.20. The summed E-state index contributed by atoms with van der Waals surface area (Å²) in [7, 11) is -3.53. The lowest BCUT2D eigenvalue weighted by molar-refractivity contribution is 0.576. The molecule has 0 unspecified atom stereocenters. The molecule has 1 aromatic carbocycles. The molecule has 0 aliphatic heterocycles. The van der Waals surface area contributed by atoms with Crippen LogP contribution >= 0.6 is 0 Å². The Kier molecular flexibility index (Phi) is 5.05. The minimum atomic E-state index is -3.53. The van der Waals surface area contributed by atoms with Gasteiger partial charge in [-0.05, 0) is 25.1 Å². The van der Waals surface area contributed by atoms with Crippen LogP contribution in [0.25, 0.3) is 10.9 Å². The molecule has 0 bridgehead atoms. The standard InChI is InChI=1S/C14H19N3O2S/c1-2-8-15-10-11-17-20(18,19)13-7-3-5-12-6-4-9-16-14(12)13/h3-7,9,15,17H,2,8,10-11H2,1H3. The summed E-state index contributed by atoms with van der Waals surface area (Å²) in [6.07, 6.45) is 2.63. The molecule has 0 fully saturated rings. The van der Waals surface area contributed by atoms with Crippen molar-refractivity contribution in [3.05, 3.63) is 36.5 Å². The molecule has 0 atom stereocenters. The molecule has 2 rings (SSSR count). The van der Waals surface area contributed by atoms with E-state index in [1.54, 1.807) is 24.4 Å². The first kappa shape index (κ1) is 14.9. The number of aromatic nitrogens is 1. The lowest BCUT2D eigenvalue weighted by atomic mass is 10.2. The number of hydrogen-bond acceptors (Lipinski definition) is 4. The van der Waals surface area contributed by atoms with Gasteiger partial charge in [-0.1, -0.05) is 25.1 Å². The number of benzene rings is 1. The Labute approximate surface area is 119 Å². The van der Waals surface area contributed by atoms with Crippen molar-refractivity contribution in [2.24, 2.45) is 0 Å². The number of para-hydroxylation sites is 1. The molecular weight excluding hydrogens is 274 g/mol. The largest absolute Gasteiger partial charge is 0.315 e. The van der Waals surface area contributed by atoms with E-state index in [4.69, 9.17) is 0 Å². The molecule has 1 aromatic heterocycles. The van der Waals surface area contributed by atoms with Crippen LogP contribution in [0.4, 0.5) is 0 Å². The Morgan fingerprint density at radius 3 is 2.70 bits per heavy atom. The minimum Gasteiger partial charge on any atom is -0.315 e. The van der Waals surface area contributed by atoms with Gasteiger partial charge in [-0.3, -0.25) is 4.98 Å². The molecule has 0 saturated heterocycles. The number of rotatable bonds is 7. The highest BCUT2D eigenvalue weighted by atomic mass is 32.2. The molecule has 5 nitrogen and oxygen atoms in total. The molecule has 2 aromatic rings. The first-order valence-corrected chi connectivity index (χ1v) is 8.17. The summed E-state index contributed by atoms with van der Waals surface area (Å²) in [6, 6.07) is 8.81. The third-order valence-electron chi connectivity index (χ3n) is 2.91. The number of hydrogen-bond donors (Lipinski definition) is 2. The van der Waals surface area contributed by atoms with Crippen molar-refractivity contribution in [2.45, 2.75) is 18.2 Å². The molecule has 20 heavy (non-hydrogen) atoms. The van der Waals surface area contributed by atoms with Gasteiger partial charge >= 0.3 is 0 Å². The van der Waals surface area contributed by atoms with Gasteiger partial charge in [0.25, 0.3) is 0 Å². The van der Waals surface area contributed by atoms with Crippen LogP contribution in [-0.2, 0) is 10.0 Å². The zero-order valence-electron chi connectivity index (χ0n) is 11.5. The van der Waals surface area contributed by atoms with Crippen LogP contribution in [0.1, 0.15) is 13.3 Å². The van der Waals surface area contributed by atoms with Crippen LogP contribution in [0, 0.1) is 0 Å². The smallest absolute Gasteiger partial charge is 0.242 e. The zero-order chi connectivity index (χ0) is 14.4. The third kappa shape index (κ3) is 3.53. The maximum absolute atomic E-state index is 12.3. The lowest BCUT2D eigenvalue weighted by Gasteiger charge is -2.09. The SMILES string of the molecule is CCCNCCNS(=O)(=O)c1cccc2cccnc12. The molecule has 1 heterocycles. The maximum atomic E-state index is 12.3. The predicted octanol–water partition coefficient (Wildman–Crippen LogP) is 1.51. The second-order valence-corrected chi connectivity index (χ2v) is 6.21. The molecule has 0 saturated carbocycles. The molecule has 0 spiro atoms. The van der Waals surface area contributed by atoms with E-state index in [9.17, 15) is 8.42 Å². The van der Waals surface area contributed by atoms with Crippen molar-refractivity contribution in [2.75, 3.05) is 19.6 Å². The minimum absolute atomic E-state index is 0.228. The van der Waals surface area contributed by atoms with Gasteiger partial charge in [-0.25, -0.2) is 13.1 Å². The highest BCUT2D eigenvalue weighted by molar-refractivity contribution is 7.89. The summed E-state index contributed by atoms with van der Waals surface area (Å²) in [5.41, 5.74) is 0.504. The van der Waals surface area contributed by atoms with Gasteiger partial charge in [0.2, 0.25) is 10.0 Å². The van der Waals surface area contributed by atoms with Gasteiger partial charge in [0.05, 0.1) is 5.52 Å². The molecule has 108 valence electrons. The number of sulfonamides is 1. The summed E-state index contributed by atoms with van der Waals surface area (Å²) in [6.45, 7) is 3.94. The Morgan fingerprint density at radius 1 is 1.10 bits per heavy atom. The van der Waals surface area contributed by atoms with Crippen LogP contribution in [0.15, 0.2) is 41.4 Å². The van der Waals surface area contributed by atoms with Crippen LogP contribution in [-0.4, -0.2) is 33.0 Å². The van der Waals surface area contributed by atoms with E-state index >= 15 is 0 Å². The average molecular weight is 293 g/mol. The summed E-state index contributed by atoms with van der Waals surface area (Å²) < 4.78 is 27.2. The lowest BCUT2D eigenvalue weighted by Crippen LogP contribution is -2.32. The summed E-state index contributed by atoms with van der Waals surface area (Å²) in [5.74, 6) is 0. The zero-order valence-corrected chi connectivity index (χ0v) is 12.3. The van der Waals surface area contributed by atoms with E-state index in [0.29, 0.717) is 18.6 Å². The fourth-order valence-corrected chi connectivity index (χ4v) is 3.16. The normalized spacial score (nSPS) is 11.8. The maximum Gasteiger partial charge on any atom is 0.242 e. The van der Waals surface area contributed by atoms with Crippen molar-refractivity contribution in [1.82, 2.24) is 15.0 Å². The van der Waals surface area contributed by atoms with E-state index in [-0.39, 0.29) is 4.90 Å². The van der Waals surface area contributed by atoms with Gasteiger partial charge in [-0.2, -0.15) is 0 Å². The van der Waals surface area contributed by atoms with Gasteiger partial charge in [0, 0.05) is 24.7 Å². The molecular formula is C14H19N3O2S. The topological polar surface area (TPSA) is 71.1 Å². The molecule has 2 N–H and O–H groups in total. The van der Waals surface area contributed by atoms with Crippen molar-refractivity contribution < 1.29 is 8.42 Å². The monoisotopic (exact) mass is 293 g/mol. The first-order valence-electron chi connectivity index (χ1n) is 6.69. The molecule has 0 aliphatic carbocycles. The fourth-order valence-electron chi connectivity index (χ4n) is 1.95. The van der Waals surface area contributed by atoms with Crippen LogP contribution in [0.5, 0.6) is 0 Å². The quantitative estimate of drug-likeness (QED) is 0.759. The number of nitrogens with zero attached hydrogens (tertiary/aromatic N) is 1. The van der Waals surface area contributed by atoms with E-state index in [1.807, 2.05) is 12.1 Å². The summed E-state index contributed by atoms with van der Waals surface area (Å²) in [5, 5.41) is 3.97. The van der Waals surface area contributed by atoms with Gasteiger partial charge < -0.3 is 5.32 Å². The fraction of sp³-hybridized carbons (Fsp3) is 0.357. The molecule has 0 radical (unpaired) electrons. The highest BCUT2D eigenvalue weighted by Gasteiger charge is 2.17. The second-order valence-electron chi connectivity index (χ2n) is 4.48. The number of nitrogens with one attached hydrogen (secondary N) is 2. The number of fused-ring (bicyclic) bond motifs is 1. The van der Waals surface area contributed by atoms with Crippen molar-refractivity contribution in [3.8, 4) is 0 Å². The molecule has 0 amide bonds. The Balaban J connectivity index is 2.15. The van der Waals surface area contributed by atoms with Crippen molar-refractivity contribution in [3.63, 3.8) is 0 Å². The second kappa shape index (κ2) is 6.78. The predicted molar refractivity (Wildman–Crippen MR) is 80.1 cm³/mol. The third-order valence-corrected chi connectivity index (χ3v) is 4.40. The van der Waals surface area contributed by atoms with Crippen LogP contribution in [0.2, 0.25) is 0 Å². The van der Waals surface area contributed by atoms with E-state index in [1.165, 1.54) is 0 Å². The molecule has 6 heteroatoms. The van der Waals surface area contributed by atoms with E-state index in [0.717, 1.165) is 18.4 Å². The Hall–Kier alpha value is -1.50. The van der Waals surface area contributed by atoms with E-state index in [2.05, 4.69) is 21.9 Å². The van der Waals surface area contributed by atoms with Crippen LogP contribution in [0.3, 0.4) is 0 Å². The van der Waals surface area contributed by atoms with Gasteiger partial charge in [0.1, 0.15) is 4.90 Å². The first-order chi connectivity index (χ1) is 9.65.